The van der Waals surface area contributed by atoms with E-state index < -0.39 is 0 Å². The molecule has 1 saturated heterocycles. The van der Waals surface area contributed by atoms with Crippen molar-refractivity contribution in [2.24, 2.45) is 0 Å². The molecule has 0 aliphatic carbocycles. The predicted molar refractivity (Wildman–Crippen MR) is 51.4 cm³/mol. The van der Waals surface area contributed by atoms with Gasteiger partial charge in [-0.2, -0.15) is 4.98 Å². The van der Waals surface area contributed by atoms with E-state index in [1.54, 1.807) is 0 Å². The molecule has 1 unspecified atom stereocenters. The molecule has 2 rings (SSSR count). The van der Waals surface area contributed by atoms with E-state index in [9.17, 15) is 0 Å². The Morgan fingerprint density at radius 1 is 1.47 bits per heavy atom. The monoisotopic (exact) mass is 213 g/mol. The summed E-state index contributed by atoms with van der Waals surface area (Å²) < 4.78 is 15.8. The highest BCUT2D eigenvalue weighted by molar-refractivity contribution is 4.91. The molecule has 1 aromatic rings. The first-order chi connectivity index (χ1) is 7.40. The van der Waals surface area contributed by atoms with Crippen molar-refractivity contribution >= 4 is 0 Å². The lowest BCUT2D eigenvalue weighted by molar-refractivity contribution is -0.101. The second-order valence-electron chi connectivity index (χ2n) is 3.34. The summed E-state index contributed by atoms with van der Waals surface area (Å²) in [5.74, 6) is 1.22. The number of hydrogen-bond donors (Lipinski definition) is 1. The van der Waals surface area contributed by atoms with Crippen LogP contribution in [-0.2, 0) is 15.9 Å². The SMILES string of the molecule is CNCCc1noc(C2COCCO2)n1. The number of hydrogen-bond acceptors (Lipinski definition) is 6. The molecule has 1 aliphatic heterocycles. The molecular weight excluding hydrogens is 198 g/mol. The van der Waals surface area contributed by atoms with Crippen LogP contribution in [-0.4, -0.2) is 43.6 Å². The van der Waals surface area contributed by atoms with E-state index in [-0.39, 0.29) is 6.10 Å². The van der Waals surface area contributed by atoms with Gasteiger partial charge in [0.25, 0.3) is 5.89 Å². The molecule has 0 aromatic carbocycles. The van der Waals surface area contributed by atoms with Gasteiger partial charge in [0.1, 0.15) is 0 Å². The summed E-state index contributed by atoms with van der Waals surface area (Å²) in [4.78, 5) is 4.25. The summed E-state index contributed by atoms with van der Waals surface area (Å²) in [6.45, 7) is 2.55. The van der Waals surface area contributed by atoms with Gasteiger partial charge in [-0.25, -0.2) is 0 Å². The second-order valence-corrected chi connectivity index (χ2v) is 3.34. The maximum absolute atomic E-state index is 5.44. The van der Waals surface area contributed by atoms with Gasteiger partial charge in [0, 0.05) is 13.0 Å². The molecule has 1 aromatic heterocycles. The fraction of sp³-hybridized carbons (Fsp3) is 0.778. The van der Waals surface area contributed by atoms with E-state index >= 15 is 0 Å². The van der Waals surface area contributed by atoms with Crippen LogP contribution >= 0.6 is 0 Å². The van der Waals surface area contributed by atoms with Crippen molar-refractivity contribution in [3.8, 4) is 0 Å². The second kappa shape index (κ2) is 5.20. The molecule has 0 spiro atoms. The van der Waals surface area contributed by atoms with Crippen LogP contribution in [0.15, 0.2) is 4.52 Å². The van der Waals surface area contributed by atoms with Crippen LogP contribution in [0.4, 0.5) is 0 Å². The summed E-state index contributed by atoms with van der Waals surface area (Å²) in [7, 11) is 1.89. The Bertz CT molecular complexity index is 297. The van der Waals surface area contributed by atoms with Gasteiger partial charge in [-0.3, -0.25) is 0 Å². The van der Waals surface area contributed by atoms with E-state index in [2.05, 4.69) is 15.5 Å². The fourth-order valence-electron chi connectivity index (χ4n) is 1.37. The smallest absolute Gasteiger partial charge is 0.258 e. The van der Waals surface area contributed by atoms with Gasteiger partial charge >= 0.3 is 0 Å². The van der Waals surface area contributed by atoms with Crippen molar-refractivity contribution in [3.63, 3.8) is 0 Å². The standard InChI is InChI=1S/C9H15N3O3/c1-10-3-2-8-11-9(15-12-8)7-6-13-4-5-14-7/h7,10H,2-6H2,1H3. The van der Waals surface area contributed by atoms with Crippen molar-refractivity contribution in [1.82, 2.24) is 15.5 Å². The molecule has 0 radical (unpaired) electrons. The zero-order chi connectivity index (χ0) is 10.5. The Morgan fingerprint density at radius 2 is 2.40 bits per heavy atom. The van der Waals surface area contributed by atoms with Gasteiger partial charge in [-0.05, 0) is 7.05 Å². The van der Waals surface area contributed by atoms with Gasteiger partial charge in [0.05, 0.1) is 19.8 Å². The number of nitrogens with one attached hydrogen (secondary N) is 1. The third kappa shape index (κ3) is 2.74. The van der Waals surface area contributed by atoms with Crippen LogP contribution in [0.3, 0.4) is 0 Å². The molecule has 1 N–H and O–H groups in total. The Balaban J connectivity index is 1.93. The summed E-state index contributed by atoms with van der Waals surface area (Å²) in [6.07, 6.45) is 0.558. The zero-order valence-corrected chi connectivity index (χ0v) is 8.73. The number of likely N-dealkylation sites (N-methyl/N-ethyl adjacent to an activating group) is 1. The lowest BCUT2D eigenvalue weighted by Gasteiger charge is -2.19. The Hall–Kier alpha value is -0.980. The highest BCUT2D eigenvalue weighted by Gasteiger charge is 2.22. The van der Waals surface area contributed by atoms with Gasteiger partial charge in [0.15, 0.2) is 11.9 Å². The molecule has 2 heterocycles. The molecule has 15 heavy (non-hydrogen) atoms. The summed E-state index contributed by atoms with van der Waals surface area (Å²) in [5, 5.41) is 6.89. The maximum atomic E-state index is 5.44. The van der Waals surface area contributed by atoms with E-state index in [1.807, 2.05) is 7.05 Å². The average Bonchev–Trinajstić information content (AvgIpc) is 2.76. The minimum atomic E-state index is -0.199. The Labute approximate surface area is 87.9 Å². The summed E-state index contributed by atoms with van der Waals surface area (Å²) in [6, 6.07) is 0. The first-order valence-corrected chi connectivity index (χ1v) is 5.06. The molecule has 6 nitrogen and oxygen atoms in total. The van der Waals surface area contributed by atoms with Crippen molar-refractivity contribution in [2.75, 3.05) is 33.4 Å². The van der Waals surface area contributed by atoms with Crippen LogP contribution in [0.2, 0.25) is 0 Å². The Morgan fingerprint density at radius 3 is 3.13 bits per heavy atom. The molecule has 1 fully saturated rings. The van der Waals surface area contributed by atoms with Crippen LogP contribution in [0.25, 0.3) is 0 Å². The van der Waals surface area contributed by atoms with Gasteiger partial charge in [0.2, 0.25) is 0 Å². The lowest BCUT2D eigenvalue weighted by atomic mass is 10.3. The minimum absolute atomic E-state index is 0.199. The summed E-state index contributed by atoms with van der Waals surface area (Å²) >= 11 is 0. The van der Waals surface area contributed by atoms with Crippen molar-refractivity contribution < 1.29 is 14.0 Å². The molecule has 0 bridgehead atoms. The van der Waals surface area contributed by atoms with Gasteiger partial charge < -0.3 is 19.3 Å². The number of rotatable bonds is 4. The van der Waals surface area contributed by atoms with E-state index in [0.717, 1.165) is 13.0 Å². The first kappa shape index (κ1) is 10.5. The number of aromatic nitrogens is 2. The van der Waals surface area contributed by atoms with Gasteiger partial charge in [-0.15, -0.1) is 0 Å². The van der Waals surface area contributed by atoms with Crippen molar-refractivity contribution in [3.05, 3.63) is 11.7 Å². The van der Waals surface area contributed by atoms with E-state index in [0.29, 0.717) is 31.5 Å². The minimum Gasteiger partial charge on any atom is -0.376 e. The van der Waals surface area contributed by atoms with Crippen LogP contribution < -0.4 is 5.32 Å². The first-order valence-electron chi connectivity index (χ1n) is 5.06. The zero-order valence-electron chi connectivity index (χ0n) is 8.73. The topological polar surface area (TPSA) is 69.4 Å². The lowest BCUT2D eigenvalue weighted by Crippen LogP contribution is -2.22. The highest BCUT2D eigenvalue weighted by atomic mass is 16.6. The fourth-order valence-corrected chi connectivity index (χ4v) is 1.37. The van der Waals surface area contributed by atoms with Crippen LogP contribution in [0, 0.1) is 0 Å². The molecule has 1 aliphatic rings. The number of ether oxygens (including phenoxy) is 2. The molecule has 6 heteroatoms. The van der Waals surface area contributed by atoms with Gasteiger partial charge in [-0.1, -0.05) is 5.16 Å². The average molecular weight is 213 g/mol. The van der Waals surface area contributed by atoms with E-state index in [4.69, 9.17) is 14.0 Å². The van der Waals surface area contributed by atoms with E-state index in [1.165, 1.54) is 0 Å². The Kier molecular flexibility index (Phi) is 3.65. The van der Waals surface area contributed by atoms with Crippen LogP contribution in [0.1, 0.15) is 17.8 Å². The third-order valence-electron chi connectivity index (χ3n) is 2.17. The highest BCUT2D eigenvalue weighted by Crippen LogP contribution is 2.18. The molecule has 0 amide bonds. The quantitative estimate of drug-likeness (QED) is 0.754. The maximum Gasteiger partial charge on any atom is 0.258 e. The third-order valence-corrected chi connectivity index (χ3v) is 2.17. The largest absolute Gasteiger partial charge is 0.376 e. The molecule has 1 atom stereocenters. The van der Waals surface area contributed by atoms with Crippen LogP contribution in [0.5, 0.6) is 0 Å². The molecular formula is C9H15N3O3. The predicted octanol–water partition coefficient (Wildman–Crippen LogP) is -0.0806. The number of nitrogens with zero attached hydrogens (tertiary/aromatic N) is 2. The molecule has 0 saturated carbocycles. The van der Waals surface area contributed by atoms with Crippen molar-refractivity contribution in [2.45, 2.75) is 12.5 Å². The summed E-state index contributed by atoms with van der Waals surface area (Å²) in [5.41, 5.74) is 0. The molecule has 84 valence electrons. The van der Waals surface area contributed by atoms with Crippen molar-refractivity contribution in [1.29, 1.82) is 0 Å². The normalized spacial score (nSPS) is 21.8.